The first-order chi connectivity index (χ1) is 12.1. The zero-order valence-corrected chi connectivity index (χ0v) is 16.4. The largest absolute Gasteiger partial charge is 0.466 e. The zero-order valence-electron chi connectivity index (χ0n) is 16.4. The summed E-state index contributed by atoms with van der Waals surface area (Å²) in [6.07, 6.45) is 1.81. The number of ether oxygens (including phenoxy) is 1. The van der Waals surface area contributed by atoms with E-state index in [9.17, 15) is 9.90 Å². The van der Waals surface area contributed by atoms with Gasteiger partial charge in [-0.15, -0.1) is 0 Å². The second-order valence-electron chi connectivity index (χ2n) is 7.16. The van der Waals surface area contributed by atoms with Gasteiger partial charge in [0.2, 0.25) is 0 Å². The molecule has 0 bridgehead atoms. The van der Waals surface area contributed by atoms with E-state index in [4.69, 9.17) is 9.15 Å². The van der Waals surface area contributed by atoms with Gasteiger partial charge in [-0.05, 0) is 53.2 Å². The van der Waals surface area contributed by atoms with Gasteiger partial charge in [-0.2, -0.15) is 0 Å². The van der Waals surface area contributed by atoms with E-state index >= 15 is 0 Å². The zero-order chi connectivity index (χ0) is 19.6. The monoisotopic (exact) mass is 368 g/mol. The minimum atomic E-state index is -1.18. The summed E-state index contributed by atoms with van der Waals surface area (Å²) < 4.78 is 10.4. The fourth-order valence-corrected chi connectivity index (χ4v) is 2.04. The molecule has 8 nitrogen and oxygen atoms in total. The number of guanidine groups is 1. The van der Waals surface area contributed by atoms with Gasteiger partial charge >= 0.3 is 6.09 Å². The van der Waals surface area contributed by atoms with Gasteiger partial charge in [-0.3, -0.25) is 0 Å². The fourth-order valence-electron chi connectivity index (χ4n) is 2.04. The molecule has 0 fully saturated rings. The number of aliphatic hydroxyl groups is 1. The van der Waals surface area contributed by atoms with Crippen molar-refractivity contribution in [2.45, 2.75) is 52.2 Å². The first-order valence-corrected chi connectivity index (χ1v) is 8.89. The summed E-state index contributed by atoms with van der Waals surface area (Å²) in [4.78, 5) is 16.0. The van der Waals surface area contributed by atoms with Gasteiger partial charge in [0.25, 0.3) is 0 Å². The van der Waals surface area contributed by atoms with Crippen LogP contribution in [0, 0.1) is 0 Å². The summed E-state index contributed by atoms with van der Waals surface area (Å²) >= 11 is 0. The average Bonchev–Trinajstić information content (AvgIpc) is 3.05. The first kappa shape index (κ1) is 21.8. The maximum absolute atomic E-state index is 11.6. The van der Waals surface area contributed by atoms with Crippen molar-refractivity contribution >= 4 is 12.1 Å². The number of rotatable bonds is 8. The van der Waals surface area contributed by atoms with E-state index in [1.165, 1.54) is 6.26 Å². The number of nitrogens with one attached hydrogen (secondary N) is 3. The van der Waals surface area contributed by atoms with Gasteiger partial charge in [0, 0.05) is 19.6 Å². The van der Waals surface area contributed by atoms with Crippen molar-refractivity contribution in [3.63, 3.8) is 0 Å². The summed E-state index contributed by atoms with van der Waals surface area (Å²) in [7, 11) is 0. The molecule has 0 radical (unpaired) electrons. The number of amides is 1. The van der Waals surface area contributed by atoms with Crippen LogP contribution in [-0.4, -0.2) is 48.9 Å². The lowest BCUT2D eigenvalue weighted by atomic mass is 10.0. The Morgan fingerprint density at radius 2 is 1.92 bits per heavy atom. The molecule has 0 aliphatic heterocycles. The van der Waals surface area contributed by atoms with E-state index in [-0.39, 0.29) is 6.54 Å². The van der Waals surface area contributed by atoms with Crippen molar-refractivity contribution in [1.82, 2.24) is 16.0 Å². The van der Waals surface area contributed by atoms with E-state index in [1.54, 1.807) is 19.1 Å². The molecule has 1 heterocycles. The molecule has 4 N–H and O–H groups in total. The molecular weight excluding hydrogens is 336 g/mol. The molecule has 0 spiro atoms. The number of carbonyl (C=O) groups excluding carboxylic acids is 1. The Morgan fingerprint density at radius 3 is 2.50 bits per heavy atom. The molecule has 0 aliphatic rings. The van der Waals surface area contributed by atoms with E-state index in [0.29, 0.717) is 37.8 Å². The minimum absolute atomic E-state index is 0.159. The normalized spacial score (nSPS) is 14.5. The second-order valence-corrected chi connectivity index (χ2v) is 7.16. The van der Waals surface area contributed by atoms with Gasteiger partial charge in [0.1, 0.15) is 17.0 Å². The third-order valence-corrected chi connectivity index (χ3v) is 3.26. The van der Waals surface area contributed by atoms with Crippen molar-refractivity contribution in [2.75, 3.05) is 26.2 Å². The quantitative estimate of drug-likeness (QED) is 0.317. The van der Waals surface area contributed by atoms with Crippen LogP contribution in [0.3, 0.4) is 0 Å². The number of alkyl carbamates (subject to hydrolysis) is 1. The van der Waals surface area contributed by atoms with Crippen LogP contribution < -0.4 is 16.0 Å². The lowest BCUT2D eigenvalue weighted by molar-refractivity contribution is 0.0436. The molecule has 0 aromatic carbocycles. The van der Waals surface area contributed by atoms with Crippen molar-refractivity contribution in [3.05, 3.63) is 24.2 Å². The summed E-state index contributed by atoms with van der Waals surface area (Å²) in [6, 6.07) is 3.45. The molecule has 0 aliphatic carbocycles. The minimum Gasteiger partial charge on any atom is -0.466 e. The molecule has 1 unspecified atom stereocenters. The molecule has 1 atom stereocenters. The van der Waals surface area contributed by atoms with Crippen molar-refractivity contribution in [2.24, 2.45) is 4.99 Å². The van der Waals surface area contributed by atoms with Gasteiger partial charge in [-0.1, -0.05) is 0 Å². The third kappa shape index (κ3) is 8.75. The lowest BCUT2D eigenvalue weighted by Gasteiger charge is -2.20. The summed E-state index contributed by atoms with van der Waals surface area (Å²) in [5.74, 6) is 1.07. The Kier molecular flexibility index (Phi) is 8.44. The SMILES string of the molecule is CCNC(=NCC(C)(O)c1ccco1)NCCCNC(=O)OC(C)(C)C. The number of nitrogens with zero attached hydrogens (tertiary/aromatic N) is 1. The number of furan rings is 1. The highest BCUT2D eigenvalue weighted by molar-refractivity contribution is 5.79. The van der Waals surface area contributed by atoms with Crippen LogP contribution in [0.4, 0.5) is 4.79 Å². The summed E-state index contributed by atoms with van der Waals surface area (Å²) in [6.45, 7) is 11.1. The average molecular weight is 368 g/mol. The summed E-state index contributed by atoms with van der Waals surface area (Å²) in [5, 5.41) is 19.4. The number of carbonyl (C=O) groups is 1. The molecule has 1 aromatic heterocycles. The molecule has 1 amide bonds. The van der Waals surface area contributed by atoms with E-state index < -0.39 is 17.3 Å². The Hall–Kier alpha value is -2.22. The molecular formula is C18H32N4O4. The Morgan fingerprint density at radius 1 is 1.23 bits per heavy atom. The topological polar surface area (TPSA) is 108 Å². The molecule has 8 heteroatoms. The van der Waals surface area contributed by atoms with Gasteiger partial charge in [0.15, 0.2) is 5.96 Å². The van der Waals surface area contributed by atoms with Gasteiger partial charge in [0.05, 0.1) is 12.8 Å². The highest BCUT2D eigenvalue weighted by Crippen LogP contribution is 2.20. The third-order valence-electron chi connectivity index (χ3n) is 3.26. The van der Waals surface area contributed by atoms with Gasteiger partial charge < -0.3 is 30.2 Å². The lowest BCUT2D eigenvalue weighted by Crippen LogP contribution is -2.40. The molecule has 1 aromatic rings. The number of aliphatic imine (C=N–C) groups is 1. The highest BCUT2D eigenvalue weighted by atomic mass is 16.6. The molecule has 0 saturated heterocycles. The summed E-state index contributed by atoms with van der Waals surface area (Å²) in [5.41, 5.74) is -1.68. The van der Waals surface area contributed by atoms with Crippen molar-refractivity contribution in [3.8, 4) is 0 Å². The van der Waals surface area contributed by atoms with Crippen molar-refractivity contribution < 1.29 is 19.1 Å². The molecule has 148 valence electrons. The molecule has 26 heavy (non-hydrogen) atoms. The Balaban J connectivity index is 2.38. The predicted molar refractivity (Wildman–Crippen MR) is 101 cm³/mol. The van der Waals surface area contributed by atoms with E-state index in [2.05, 4.69) is 20.9 Å². The first-order valence-electron chi connectivity index (χ1n) is 8.89. The van der Waals surface area contributed by atoms with Crippen LogP contribution in [0.15, 0.2) is 27.8 Å². The van der Waals surface area contributed by atoms with Crippen LogP contribution in [0.2, 0.25) is 0 Å². The van der Waals surface area contributed by atoms with Gasteiger partial charge in [-0.25, -0.2) is 9.79 Å². The van der Waals surface area contributed by atoms with Crippen LogP contribution in [0.5, 0.6) is 0 Å². The number of hydrogen-bond donors (Lipinski definition) is 4. The molecule has 1 rings (SSSR count). The van der Waals surface area contributed by atoms with Crippen LogP contribution >= 0.6 is 0 Å². The smallest absolute Gasteiger partial charge is 0.407 e. The number of hydrogen-bond acceptors (Lipinski definition) is 5. The van der Waals surface area contributed by atoms with Crippen LogP contribution in [-0.2, 0) is 10.3 Å². The van der Waals surface area contributed by atoms with E-state index in [1.807, 2.05) is 27.7 Å². The van der Waals surface area contributed by atoms with Crippen molar-refractivity contribution in [1.29, 1.82) is 0 Å². The molecule has 0 saturated carbocycles. The van der Waals surface area contributed by atoms with Crippen LogP contribution in [0.25, 0.3) is 0 Å². The Labute approximate surface area is 155 Å². The highest BCUT2D eigenvalue weighted by Gasteiger charge is 2.26. The maximum atomic E-state index is 11.6. The fraction of sp³-hybridized carbons (Fsp3) is 0.667. The van der Waals surface area contributed by atoms with Crippen LogP contribution in [0.1, 0.15) is 46.8 Å². The second kappa shape index (κ2) is 10.1. The van der Waals surface area contributed by atoms with E-state index in [0.717, 1.165) is 0 Å². The standard InChI is InChI=1S/C18H32N4O4/c1-6-19-15(22-13-18(5,24)14-9-7-12-25-14)20-10-8-11-21-16(23)26-17(2,3)4/h7,9,12,24H,6,8,10-11,13H2,1-5H3,(H,21,23)(H2,19,20,22). The predicted octanol–water partition coefficient (Wildman–Crippen LogP) is 1.96. The Bertz CT molecular complexity index is 562. The maximum Gasteiger partial charge on any atom is 0.407 e.